The number of allylic oxidation sites excluding steroid dienone is 1. The van der Waals surface area contributed by atoms with E-state index in [0.717, 1.165) is 72.3 Å². The molecule has 1 heterocycles. The highest BCUT2D eigenvalue weighted by atomic mass is 31.2. The van der Waals surface area contributed by atoms with E-state index in [0.29, 0.717) is 12.0 Å². The van der Waals surface area contributed by atoms with Gasteiger partial charge in [0.05, 0.1) is 26.7 Å². The van der Waals surface area contributed by atoms with Gasteiger partial charge in [-0.25, -0.2) is 9.36 Å². The van der Waals surface area contributed by atoms with Crippen LogP contribution in [-0.4, -0.2) is 73.5 Å². The fourth-order valence-corrected chi connectivity index (χ4v) is 11.7. The smallest absolute Gasteiger partial charge is 0.472 e. The second-order valence-corrected chi connectivity index (χ2v) is 18.6. The Labute approximate surface area is 285 Å². The summed E-state index contributed by atoms with van der Waals surface area (Å²) in [5, 5.41) is 2.70. The van der Waals surface area contributed by atoms with Gasteiger partial charge in [0.2, 0.25) is 0 Å². The summed E-state index contributed by atoms with van der Waals surface area (Å²) in [6.45, 7) is 15.4. The van der Waals surface area contributed by atoms with Crippen molar-refractivity contribution < 1.29 is 38.0 Å². The van der Waals surface area contributed by atoms with Crippen LogP contribution in [0, 0.1) is 46.3 Å². The van der Waals surface area contributed by atoms with E-state index >= 15 is 0 Å². The molecule has 0 radical (unpaired) electrons. The van der Waals surface area contributed by atoms with E-state index in [1.807, 2.05) is 0 Å². The summed E-state index contributed by atoms with van der Waals surface area (Å²) in [4.78, 5) is 22.6. The van der Waals surface area contributed by atoms with Crippen molar-refractivity contribution in [1.82, 2.24) is 5.32 Å². The topological polar surface area (TPSA) is 124 Å². The van der Waals surface area contributed by atoms with E-state index < -0.39 is 13.9 Å². The van der Waals surface area contributed by atoms with Gasteiger partial charge in [-0.3, -0.25) is 9.05 Å². The molecule has 272 valence electrons. The van der Waals surface area contributed by atoms with Gasteiger partial charge < -0.3 is 24.9 Å². The quantitative estimate of drug-likeness (QED) is 0.0817. The molecule has 47 heavy (non-hydrogen) atoms. The van der Waals surface area contributed by atoms with Gasteiger partial charge in [-0.1, -0.05) is 65.5 Å². The molecule has 3 N–H and O–H groups in total. The molecule has 5 rings (SSSR count). The number of hydrogen-bond acceptors (Lipinski definition) is 6. The van der Waals surface area contributed by atoms with Crippen LogP contribution < -0.4 is 5.32 Å². The van der Waals surface area contributed by atoms with Crippen LogP contribution in [0.5, 0.6) is 0 Å². The molecule has 0 aromatic heterocycles. The number of rotatable bonds is 14. The van der Waals surface area contributed by atoms with Crippen LogP contribution in [0.4, 0.5) is 4.79 Å². The van der Waals surface area contributed by atoms with Gasteiger partial charge in [0, 0.05) is 25.8 Å². The van der Waals surface area contributed by atoms with E-state index in [1.165, 1.54) is 69.8 Å². The van der Waals surface area contributed by atoms with Crippen molar-refractivity contribution in [2.45, 2.75) is 124 Å². The molecule has 1 amide bonds. The lowest BCUT2D eigenvalue weighted by Gasteiger charge is -2.58. The molecule has 3 saturated carbocycles. The first kappa shape index (κ1) is 38.8. The second-order valence-electron chi connectivity index (χ2n) is 17.1. The largest absolute Gasteiger partial charge is 0.870 e. The number of phosphoric acid groups is 1. The van der Waals surface area contributed by atoms with Crippen molar-refractivity contribution in [1.29, 1.82) is 0 Å². The Balaban J connectivity index is 0.00000500. The molecule has 0 spiro atoms. The van der Waals surface area contributed by atoms with Crippen molar-refractivity contribution in [2.75, 3.05) is 46.4 Å². The van der Waals surface area contributed by atoms with E-state index in [9.17, 15) is 14.3 Å². The van der Waals surface area contributed by atoms with Crippen LogP contribution in [0.3, 0.4) is 0 Å². The number of fused-ring (bicyclic) bond motifs is 5. The third-order valence-corrected chi connectivity index (χ3v) is 14.7. The lowest BCUT2D eigenvalue weighted by atomic mass is 9.47. The van der Waals surface area contributed by atoms with E-state index in [1.54, 1.807) is 0 Å². The monoisotopic (exact) mass is 682 g/mol. The molecule has 9 atom stereocenters. The number of phosphoric ester groups is 1. The first-order valence-electron chi connectivity index (χ1n) is 18.8. The number of likely N-dealkylation sites (N-methyl/N-ethyl adjacent to an activating group) is 1. The minimum atomic E-state index is -4.15. The van der Waals surface area contributed by atoms with Crippen molar-refractivity contribution in [3.63, 3.8) is 0 Å². The number of hydrogen-bond donors (Lipinski definition) is 2. The van der Waals surface area contributed by atoms with Crippen LogP contribution in [0.25, 0.3) is 0 Å². The second kappa shape index (κ2) is 15.9. The normalized spacial score (nSPS) is 36.3. The van der Waals surface area contributed by atoms with Gasteiger partial charge in [-0.05, 0) is 91.3 Å². The molecular weight excluding hydrogens is 615 g/mol. The van der Waals surface area contributed by atoms with Crippen molar-refractivity contribution in [2.24, 2.45) is 46.3 Å². The maximum absolute atomic E-state index is 12.6. The zero-order valence-electron chi connectivity index (χ0n) is 30.4. The molecule has 5 aliphatic rings. The minimum Gasteiger partial charge on any atom is -0.870 e. The minimum absolute atomic E-state index is 0. The molecule has 0 bridgehead atoms. The predicted molar refractivity (Wildman–Crippen MR) is 185 cm³/mol. The number of ether oxygens (including phenoxy) is 1. The average Bonchev–Trinajstić information content (AvgIpc) is 3.58. The highest BCUT2D eigenvalue weighted by Crippen LogP contribution is 2.67. The Morgan fingerprint density at radius 2 is 1.77 bits per heavy atom. The van der Waals surface area contributed by atoms with E-state index in [2.05, 4.69) is 53.1 Å². The summed E-state index contributed by atoms with van der Waals surface area (Å²) in [6.07, 6.45) is 17.9. The number of quaternary nitrogens is 1. The van der Waals surface area contributed by atoms with Gasteiger partial charge in [0.15, 0.2) is 0 Å². The van der Waals surface area contributed by atoms with Gasteiger partial charge in [0.25, 0.3) is 0 Å². The van der Waals surface area contributed by atoms with Crippen LogP contribution in [-0.2, 0) is 18.3 Å². The van der Waals surface area contributed by atoms with Crippen LogP contribution in [0.15, 0.2) is 11.6 Å². The standard InChI is InChI=1S/C37H65N2O6P.H2O/c1-27(2)10-9-11-28(3)32-14-15-33-31-13-12-29-26-30(16-18-36(29,4)34(31)17-19-37(32,33)5)45-35(40)38-20-24-43-46(41,42)44-25-23-39(6)21-7-8-22-39;/h12,27-28,30-34H,7-11,13-26H2,1-6H3,(H-,38,40,41,42);1H2/t28-,30+,31+,32-,33+,34+,36+,37-;/m1./s1. The van der Waals surface area contributed by atoms with Crippen LogP contribution in [0.2, 0.25) is 0 Å². The van der Waals surface area contributed by atoms with Gasteiger partial charge >= 0.3 is 13.9 Å². The summed E-state index contributed by atoms with van der Waals surface area (Å²) in [6, 6.07) is 0. The predicted octanol–water partition coefficient (Wildman–Crippen LogP) is 8.32. The zero-order chi connectivity index (χ0) is 33.2. The Kier molecular flexibility index (Phi) is 13.2. The van der Waals surface area contributed by atoms with Gasteiger partial charge in [-0.2, -0.15) is 0 Å². The summed E-state index contributed by atoms with van der Waals surface area (Å²) < 4.78 is 29.2. The fraction of sp³-hybridized carbons (Fsp3) is 0.919. The van der Waals surface area contributed by atoms with Crippen LogP contribution >= 0.6 is 7.82 Å². The molecule has 0 aromatic rings. The highest BCUT2D eigenvalue weighted by molar-refractivity contribution is 7.47. The number of alkyl carbamates (subject to hydrolysis) is 1. The number of carbonyl (C=O) groups excluding carboxylic acids is 1. The molecular formula is C37H67N2O7P. The molecule has 10 heteroatoms. The Morgan fingerprint density at radius 1 is 1.04 bits per heavy atom. The van der Waals surface area contributed by atoms with Gasteiger partial charge in [0.1, 0.15) is 19.3 Å². The summed E-state index contributed by atoms with van der Waals surface area (Å²) in [5.74, 6) is 4.88. The van der Waals surface area contributed by atoms with Gasteiger partial charge in [-0.15, -0.1) is 0 Å². The molecule has 1 unspecified atom stereocenters. The van der Waals surface area contributed by atoms with Crippen molar-refractivity contribution in [3.8, 4) is 0 Å². The average molecular weight is 683 g/mol. The lowest BCUT2D eigenvalue weighted by Crippen LogP contribution is -2.51. The third kappa shape index (κ3) is 9.05. The number of nitrogens with one attached hydrogen (secondary N) is 1. The number of amides is 1. The van der Waals surface area contributed by atoms with E-state index in [-0.39, 0.29) is 36.8 Å². The number of likely N-dealkylation sites (tertiary alicyclic amines) is 1. The Morgan fingerprint density at radius 3 is 2.49 bits per heavy atom. The van der Waals surface area contributed by atoms with Crippen molar-refractivity contribution in [3.05, 3.63) is 11.6 Å². The first-order chi connectivity index (χ1) is 21.7. The third-order valence-electron chi connectivity index (χ3n) is 13.7. The SMILES string of the molecule is CC(C)CCC[C@@H](C)[C@H]1CC[C@H]2[C@@H]3CC=C4C[C@@H](OC(=O)NCCOP(=O)(O)OCC[N+]5(C)CCCC5)CC[C@]4(C)[C@H]3CC[C@]12C.[OH-]. The molecule has 1 aliphatic heterocycles. The highest BCUT2D eigenvalue weighted by Gasteiger charge is 2.59. The lowest BCUT2D eigenvalue weighted by molar-refractivity contribution is -0.897. The summed E-state index contributed by atoms with van der Waals surface area (Å²) >= 11 is 0. The molecule has 9 nitrogen and oxygen atoms in total. The van der Waals surface area contributed by atoms with Crippen molar-refractivity contribution >= 4 is 13.9 Å². The maximum Gasteiger partial charge on any atom is 0.472 e. The number of nitrogens with zero attached hydrogens (tertiary/aromatic N) is 1. The molecule has 4 aliphatic carbocycles. The molecule has 4 fully saturated rings. The fourth-order valence-electron chi connectivity index (χ4n) is 11.0. The van der Waals surface area contributed by atoms with E-state index in [4.69, 9.17) is 13.8 Å². The Bertz CT molecular complexity index is 1130. The van der Waals surface area contributed by atoms with Crippen LogP contribution in [0.1, 0.15) is 118 Å². The summed E-state index contributed by atoms with van der Waals surface area (Å²) in [7, 11) is -2.00. The number of carbonyl (C=O) groups is 1. The summed E-state index contributed by atoms with van der Waals surface area (Å²) in [5.41, 5.74) is 2.21. The maximum atomic E-state index is 12.6. The Hall–Kier alpha value is -0.960. The molecule has 0 aromatic carbocycles. The zero-order valence-corrected chi connectivity index (χ0v) is 31.3. The molecule has 1 saturated heterocycles. The first-order valence-corrected chi connectivity index (χ1v) is 20.3.